The van der Waals surface area contributed by atoms with Crippen LogP contribution in [0.4, 0.5) is 0 Å². The van der Waals surface area contributed by atoms with Gasteiger partial charge in [-0.1, -0.05) is 48.5 Å². The maximum Gasteiger partial charge on any atom is 0.139 e. The van der Waals surface area contributed by atoms with Crippen LogP contribution in [0.1, 0.15) is 5.56 Å². The Hall–Kier alpha value is -2.63. The fourth-order valence-electron chi connectivity index (χ4n) is 2.71. The van der Waals surface area contributed by atoms with Crippen molar-refractivity contribution in [2.75, 3.05) is 13.7 Å². The van der Waals surface area contributed by atoms with Crippen LogP contribution in [-0.2, 0) is 17.9 Å². The smallest absolute Gasteiger partial charge is 0.139 e. The van der Waals surface area contributed by atoms with Gasteiger partial charge in [0.2, 0.25) is 0 Å². The number of benzene rings is 2. The molecule has 3 aromatic rings. The van der Waals surface area contributed by atoms with Crippen molar-refractivity contribution in [3.8, 4) is 17.1 Å². The highest BCUT2D eigenvalue weighted by molar-refractivity contribution is 5.55. The van der Waals surface area contributed by atoms with E-state index in [9.17, 15) is 5.11 Å². The van der Waals surface area contributed by atoms with Crippen molar-refractivity contribution in [1.82, 2.24) is 9.55 Å². The minimum Gasteiger partial charge on any atom is -0.496 e. The van der Waals surface area contributed by atoms with E-state index in [1.54, 1.807) is 13.3 Å². The van der Waals surface area contributed by atoms with Gasteiger partial charge in [0.25, 0.3) is 0 Å². The Bertz CT molecular complexity index is 786. The van der Waals surface area contributed by atoms with Gasteiger partial charge in [0.05, 0.1) is 33.0 Å². The van der Waals surface area contributed by atoms with Crippen molar-refractivity contribution < 1.29 is 14.6 Å². The number of ether oxygens (including phenoxy) is 2. The summed E-state index contributed by atoms with van der Waals surface area (Å²) >= 11 is 0. The van der Waals surface area contributed by atoms with Crippen LogP contribution in [0.15, 0.2) is 67.0 Å². The van der Waals surface area contributed by atoms with Crippen LogP contribution in [0.25, 0.3) is 11.4 Å². The fraction of sp³-hybridized carbons (Fsp3) is 0.250. The monoisotopic (exact) mass is 338 g/mol. The molecule has 0 radical (unpaired) electrons. The first kappa shape index (κ1) is 17.2. The summed E-state index contributed by atoms with van der Waals surface area (Å²) in [5.74, 6) is 1.63. The molecule has 1 heterocycles. The van der Waals surface area contributed by atoms with E-state index in [-0.39, 0.29) is 6.61 Å². The molecule has 0 bridgehead atoms. The predicted molar refractivity (Wildman–Crippen MR) is 96.3 cm³/mol. The van der Waals surface area contributed by atoms with E-state index in [1.165, 1.54) is 0 Å². The topological polar surface area (TPSA) is 56.5 Å². The van der Waals surface area contributed by atoms with E-state index in [2.05, 4.69) is 4.98 Å². The van der Waals surface area contributed by atoms with Gasteiger partial charge in [-0.05, 0) is 6.07 Å². The van der Waals surface area contributed by atoms with Crippen molar-refractivity contribution in [3.05, 3.63) is 72.6 Å². The van der Waals surface area contributed by atoms with E-state index < -0.39 is 6.10 Å². The van der Waals surface area contributed by atoms with Gasteiger partial charge >= 0.3 is 0 Å². The Morgan fingerprint density at radius 2 is 1.84 bits per heavy atom. The minimum absolute atomic E-state index is 0.241. The Morgan fingerprint density at radius 3 is 2.64 bits per heavy atom. The lowest BCUT2D eigenvalue weighted by Gasteiger charge is -2.15. The number of nitrogens with zero attached hydrogens (tertiary/aromatic N) is 2. The summed E-state index contributed by atoms with van der Waals surface area (Å²) in [6, 6.07) is 17.6. The van der Waals surface area contributed by atoms with Crippen LogP contribution in [0.5, 0.6) is 5.75 Å². The molecule has 5 heteroatoms. The van der Waals surface area contributed by atoms with Gasteiger partial charge < -0.3 is 19.1 Å². The molecule has 25 heavy (non-hydrogen) atoms. The average molecular weight is 338 g/mol. The highest BCUT2D eigenvalue weighted by Crippen LogP contribution is 2.19. The van der Waals surface area contributed by atoms with Crippen molar-refractivity contribution in [3.63, 3.8) is 0 Å². The van der Waals surface area contributed by atoms with Crippen LogP contribution in [0.2, 0.25) is 0 Å². The second-order valence-electron chi connectivity index (χ2n) is 5.75. The lowest BCUT2D eigenvalue weighted by atomic mass is 10.2. The first-order valence-electron chi connectivity index (χ1n) is 8.22. The Balaban J connectivity index is 1.55. The molecule has 0 fully saturated rings. The first-order chi connectivity index (χ1) is 12.3. The molecule has 1 atom stereocenters. The van der Waals surface area contributed by atoms with Gasteiger partial charge in [0.1, 0.15) is 11.6 Å². The third-order valence-corrected chi connectivity index (χ3v) is 3.92. The third-order valence-electron chi connectivity index (χ3n) is 3.92. The fourth-order valence-corrected chi connectivity index (χ4v) is 2.71. The normalized spacial score (nSPS) is 12.1. The summed E-state index contributed by atoms with van der Waals surface area (Å²) in [5.41, 5.74) is 1.99. The summed E-state index contributed by atoms with van der Waals surface area (Å²) in [7, 11) is 1.64. The lowest BCUT2D eigenvalue weighted by Crippen LogP contribution is -2.22. The molecule has 0 saturated heterocycles. The summed E-state index contributed by atoms with van der Waals surface area (Å²) in [6.45, 7) is 1.07. The molecule has 0 unspecified atom stereocenters. The number of methoxy groups -OCH3 is 1. The zero-order valence-corrected chi connectivity index (χ0v) is 14.2. The molecule has 1 N–H and O–H groups in total. The number of aromatic nitrogens is 2. The van der Waals surface area contributed by atoms with Gasteiger partial charge in [0.15, 0.2) is 0 Å². The third kappa shape index (κ3) is 4.47. The Labute approximate surface area is 147 Å². The maximum absolute atomic E-state index is 10.3. The molecule has 0 spiro atoms. The molecular weight excluding hydrogens is 316 g/mol. The second kappa shape index (κ2) is 8.46. The zero-order valence-electron chi connectivity index (χ0n) is 14.2. The number of aliphatic hydroxyl groups is 1. The van der Waals surface area contributed by atoms with Crippen molar-refractivity contribution in [2.45, 2.75) is 19.3 Å². The molecular formula is C20H22N2O3. The van der Waals surface area contributed by atoms with Gasteiger partial charge in [0, 0.05) is 23.5 Å². The van der Waals surface area contributed by atoms with Crippen LogP contribution in [-0.4, -0.2) is 34.5 Å². The molecule has 0 aliphatic heterocycles. The first-order valence-corrected chi connectivity index (χ1v) is 8.22. The van der Waals surface area contributed by atoms with E-state index >= 15 is 0 Å². The van der Waals surface area contributed by atoms with Crippen molar-refractivity contribution in [1.29, 1.82) is 0 Å². The van der Waals surface area contributed by atoms with Crippen LogP contribution >= 0.6 is 0 Å². The molecule has 130 valence electrons. The van der Waals surface area contributed by atoms with Crippen molar-refractivity contribution >= 4 is 0 Å². The number of hydrogen-bond donors (Lipinski definition) is 1. The quantitative estimate of drug-likeness (QED) is 0.685. The lowest BCUT2D eigenvalue weighted by molar-refractivity contribution is 0.0200. The number of rotatable bonds is 8. The minimum atomic E-state index is -0.619. The summed E-state index contributed by atoms with van der Waals surface area (Å²) < 4.78 is 12.9. The zero-order chi connectivity index (χ0) is 17.5. The molecule has 2 aromatic carbocycles. The highest BCUT2D eigenvalue weighted by Gasteiger charge is 2.11. The Morgan fingerprint density at radius 1 is 1.08 bits per heavy atom. The number of aliphatic hydroxyl groups excluding tert-OH is 1. The number of hydrogen-bond acceptors (Lipinski definition) is 4. The van der Waals surface area contributed by atoms with E-state index in [0.29, 0.717) is 13.2 Å². The van der Waals surface area contributed by atoms with E-state index in [4.69, 9.17) is 9.47 Å². The van der Waals surface area contributed by atoms with E-state index in [0.717, 1.165) is 22.7 Å². The molecule has 0 aliphatic carbocycles. The average Bonchev–Trinajstić information content (AvgIpc) is 3.11. The predicted octanol–water partition coefficient (Wildman–Crippen LogP) is 3.14. The van der Waals surface area contributed by atoms with Crippen molar-refractivity contribution in [2.24, 2.45) is 0 Å². The Kier molecular flexibility index (Phi) is 5.82. The van der Waals surface area contributed by atoms with Gasteiger partial charge in [-0.2, -0.15) is 0 Å². The largest absolute Gasteiger partial charge is 0.496 e. The number of para-hydroxylation sites is 1. The van der Waals surface area contributed by atoms with Crippen LogP contribution in [0.3, 0.4) is 0 Å². The van der Waals surface area contributed by atoms with Gasteiger partial charge in [-0.25, -0.2) is 4.98 Å². The molecule has 0 amide bonds. The maximum atomic E-state index is 10.3. The molecule has 1 aromatic heterocycles. The van der Waals surface area contributed by atoms with Crippen LogP contribution in [0, 0.1) is 0 Å². The molecule has 0 saturated carbocycles. The molecule has 0 aliphatic rings. The summed E-state index contributed by atoms with van der Waals surface area (Å²) in [5, 5.41) is 10.3. The summed E-state index contributed by atoms with van der Waals surface area (Å²) in [6.07, 6.45) is 2.99. The SMILES string of the molecule is COc1ccccc1COC[C@@H](O)Cn1ccnc1-c1ccccc1. The van der Waals surface area contributed by atoms with E-state index in [1.807, 2.05) is 65.4 Å². The van der Waals surface area contributed by atoms with Gasteiger partial charge in [-0.3, -0.25) is 0 Å². The highest BCUT2D eigenvalue weighted by atomic mass is 16.5. The second-order valence-corrected chi connectivity index (χ2v) is 5.75. The standard InChI is InChI=1S/C20H22N2O3/c1-24-19-10-6-5-9-17(19)14-25-15-18(23)13-22-12-11-21-20(22)16-7-3-2-4-8-16/h2-12,18,23H,13-15H2,1H3/t18-/m0/s1. The number of imidazole rings is 1. The van der Waals surface area contributed by atoms with Crippen LogP contribution < -0.4 is 4.74 Å². The van der Waals surface area contributed by atoms with Gasteiger partial charge in [-0.15, -0.1) is 0 Å². The molecule has 5 nitrogen and oxygen atoms in total. The molecule has 3 rings (SSSR count). The summed E-state index contributed by atoms with van der Waals surface area (Å²) in [4.78, 5) is 4.38.